The molecule has 134 valence electrons. The molecule has 1 unspecified atom stereocenters. The summed E-state index contributed by atoms with van der Waals surface area (Å²) in [4.78, 5) is 7.25. The standard InChI is InChI=1S/C19H30N4.HI/c1-3-15-6-5-7-16(4-2)18(15)22-19(20)21-12-14-10-11-23(13-14)17-8-9-17;/h5-7,14,17H,3-4,8-13H2,1-2H3,(H3,20,21,22);1H. The number of benzene rings is 1. The van der Waals surface area contributed by atoms with Crippen LogP contribution in [0.2, 0.25) is 0 Å². The van der Waals surface area contributed by atoms with Crippen LogP contribution in [0.15, 0.2) is 23.2 Å². The van der Waals surface area contributed by atoms with E-state index in [2.05, 4.69) is 47.3 Å². The molecular formula is C19H31IN4. The van der Waals surface area contributed by atoms with Gasteiger partial charge in [-0.25, -0.2) is 0 Å². The Bertz CT molecular complexity index is 546. The van der Waals surface area contributed by atoms with Gasteiger partial charge in [0.2, 0.25) is 0 Å². The largest absolute Gasteiger partial charge is 0.370 e. The van der Waals surface area contributed by atoms with E-state index in [0.29, 0.717) is 11.9 Å². The van der Waals surface area contributed by atoms with Gasteiger partial charge in [0.25, 0.3) is 0 Å². The Kier molecular flexibility index (Phi) is 7.34. The van der Waals surface area contributed by atoms with E-state index in [1.807, 2.05) is 0 Å². The third-order valence-corrected chi connectivity index (χ3v) is 5.15. The molecule has 1 aliphatic heterocycles. The van der Waals surface area contributed by atoms with Gasteiger partial charge in [0.15, 0.2) is 5.96 Å². The third-order valence-electron chi connectivity index (χ3n) is 5.15. The second-order valence-corrected chi connectivity index (χ2v) is 6.89. The molecule has 1 aromatic carbocycles. The predicted molar refractivity (Wildman–Crippen MR) is 113 cm³/mol. The Hall–Kier alpha value is -0.820. The highest BCUT2D eigenvalue weighted by Gasteiger charge is 2.34. The number of likely N-dealkylation sites (tertiary alicyclic amines) is 1. The number of rotatable bonds is 6. The Morgan fingerprint density at radius 2 is 1.88 bits per heavy atom. The van der Waals surface area contributed by atoms with E-state index in [0.717, 1.165) is 31.1 Å². The molecule has 1 heterocycles. The van der Waals surface area contributed by atoms with E-state index < -0.39 is 0 Å². The highest BCUT2D eigenvalue weighted by atomic mass is 127. The van der Waals surface area contributed by atoms with Gasteiger partial charge in [0.05, 0.1) is 0 Å². The molecule has 0 amide bonds. The molecule has 0 spiro atoms. The van der Waals surface area contributed by atoms with E-state index >= 15 is 0 Å². The average molecular weight is 442 g/mol. The molecule has 1 aliphatic carbocycles. The monoisotopic (exact) mass is 442 g/mol. The number of nitrogens with zero attached hydrogens (tertiary/aromatic N) is 2. The van der Waals surface area contributed by atoms with Crippen LogP contribution in [0, 0.1) is 5.92 Å². The normalized spacial score (nSPS) is 21.6. The first-order chi connectivity index (χ1) is 11.2. The number of para-hydroxylation sites is 1. The first kappa shape index (κ1) is 19.5. The molecule has 0 aromatic heterocycles. The number of aliphatic imine (C=N–C) groups is 1. The van der Waals surface area contributed by atoms with Crippen molar-refractivity contribution in [3.63, 3.8) is 0 Å². The molecule has 2 fully saturated rings. The number of aryl methyl sites for hydroxylation is 2. The van der Waals surface area contributed by atoms with Crippen molar-refractivity contribution in [3.05, 3.63) is 29.3 Å². The van der Waals surface area contributed by atoms with Crippen LogP contribution in [0.1, 0.15) is 44.2 Å². The van der Waals surface area contributed by atoms with E-state index in [1.54, 1.807) is 0 Å². The highest BCUT2D eigenvalue weighted by molar-refractivity contribution is 14.0. The number of anilines is 1. The van der Waals surface area contributed by atoms with Crippen LogP contribution >= 0.6 is 24.0 Å². The first-order valence-electron chi connectivity index (χ1n) is 9.13. The van der Waals surface area contributed by atoms with Gasteiger partial charge in [0, 0.05) is 24.8 Å². The number of hydrogen-bond acceptors (Lipinski definition) is 2. The van der Waals surface area contributed by atoms with Crippen molar-refractivity contribution in [1.82, 2.24) is 4.90 Å². The van der Waals surface area contributed by atoms with Crippen molar-refractivity contribution in [2.75, 3.05) is 25.0 Å². The summed E-state index contributed by atoms with van der Waals surface area (Å²) in [5.41, 5.74) is 9.94. The summed E-state index contributed by atoms with van der Waals surface area (Å²) < 4.78 is 0. The zero-order valence-corrected chi connectivity index (χ0v) is 17.3. The fourth-order valence-electron chi connectivity index (χ4n) is 3.58. The number of nitrogens with two attached hydrogens (primary N) is 1. The minimum Gasteiger partial charge on any atom is -0.370 e. The van der Waals surface area contributed by atoms with Gasteiger partial charge in [-0.1, -0.05) is 32.0 Å². The zero-order valence-electron chi connectivity index (χ0n) is 14.9. The minimum absolute atomic E-state index is 0. The summed E-state index contributed by atoms with van der Waals surface area (Å²) in [6.45, 7) is 7.65. The third kappa shape index (κ3) is 4.85. The van der Waals surface area contributed by atoms with Crippen LogP contribution in [0.25, 0.3) is 0 Å². The van der Waals surface area contributed by atoms with Crippen molar-refractivity contribution in [3.8, 4) is 0 Å². The molecule has 3 N–H and O–H groups in total. The second kappa shape index (κ2) is 9.04. The molecule has 5 heteroatoms. The molecule has 0 bridgehead atoms. The second-order valence-electron chi connectivity index (χ2n) is 6.89. The van der Waals surface area contributed by atoms with E-state index in [1.165, 1.54) is 43.5 Å². The number of halogens is 1. The van der Waals surface area contributed by atoms with Crippen LogP contribution in [0.4, 0.5) is 5.69 Å². The Labute approximate surface area is 163 Å². The summed E-state index contributed by atoms with van der Waals surface area (Å²) in [5, 5.41) is 3.37. The van der Waals surface area contributed by atoms with E-state index in [9.17, 15) is 0 Å². The van der Waals surface area contributed by atoms with Crippen molar-refractivity contribution in [2.45, 2.75) is 52.0 Å². The summed E-state index contributed by atoms with van der Waals surface area (Å²) in [7, 11) is 0. The summed E-state index contributed by atoms with van der Waals surface area (Å²) in [6.07, 6.45) is 6.06. The molecule has 24 heavy (non-hydrogen) atoms. The highest BCUT2D eigenvalue weighted by Crippen LogP contribution is 2.31. The molecule has 1 atom stereocenters. The molecule has 1 aromatic rings. The lowest BCUT2D eigenvalue weighted by atomic mass is 10.0. The van der Waals surface area contributed by atoms with Crippen molar-refractivity contribution in [2.24, 2.45) is 16.6 Å². The van der Waals surface area contributed by atoms with Gasteiger partial charge >= 0.3 is 0 Å². The van der Waals surface area contributed by atoms with Gasteiger partial charge < -0.3 is 16.0 Å². The average Bonchev–Trinajstić information content (AvgIpc) is 3.31. The van der Waals surface area contributed by atoms with Gasteiger partial charge in [-0.05, 0) is 55.7 Å². The smallest absolute Gasteiger partial charge is 0.193 e. The lowest BCUT2D eigenvalue weighted by Gasteiger charge is -2.16. The number of guanidine groups is 1. The molecule has 3 rings (SSSR count). The lowest BCUT2D eigenvalue weighted by Crippen LogP contribution is -2.26. The molecule has 4 nitrogen and oxygen atoms in total. The van der Waals surface area contributed by atoms with Crippen LogP contribution in [-0.4, -0.2) is 36.5 Å². The quantitative estimate of drug-likeness (QED) is 0.402. The number of hydrogen-bond donors (Lipinski definition) is 2. The van der Waals surface area contributed by atoms with Gasteiger partial charge in [0.1, 0.15) is 0 Å². The maximum absolute atomic E-state index is 6.16. The van der Waals surface area contributed by atoms with Crippen molar-refractivity contribution in [1.29, 1.82) is 0 Å². The van der Waals surface area contributed by atoms with Crippen LogP contribution < -0.4 is 11.1 Å². The predicted octanol–water partition coefficient (Wildman–Crippen LogP) is 3.64. The molecule has 0 radical (unpaired) electrons. The van der Waals surface area contributed by atoms with Crippen molar-refractivity contribution >= 4 is 35.6 Å². The van der Waals surface area contributed by atoms with Gasteiger partial charge in [-0.15, -0.1) is 24.0 Å². The summed E-state index contributed by atoms with van der Waals surface area (Å²) in [6, 6.07) is 7.34. The van der Waals surface area contributed by atoms with Gasteiger partial charge in [-0.2, -0.15) is 0 Å². The summed E-state index contributed by atoms with van der Waals surface area (Å²) in [5.74, 6) is 1.23. The maximum atomic E-state index is 6.16. The van der Waals surface area contributed by atoms with Crippen molar-refractivity contribution < 1.29 is 0 Å². The minimum atomic E-state index is 0. The van der Waals surface area contributed by atoms with Gasteiger partial charge in [-0.3, -0.25) is 4.99 Å². The number of nitrogens with one attached hydrogen (secondary N) is 1. The fraction of sp³-hybridized carbons (Fsp3) is 0.632. The topological polar surface area (TPSA) is 53.6 Å². The van der Waals surface area contributed by atoms with Crippen LogP contribution in [0.5, 0.6) is 0 Å². The van der Waals surface area contributed by atoms with Crippen LogP contribution in [-0.2, 0) is 12.8 Å². The zero-order chi connectivity index (χ0) is 16.2. The first-order valence-corrected chi connectivity index (χ1v) is 9.13. The van der Waals surface area contributed by atoms with E-state index in [-0.39, 0.29) is 24.0 Å². The fourth-order valence-corrected chi connectivity index (χ4v) is 3.58. The lowest BCUT2D eigenvalue weighted by molar-refractivity contribution is 0.315. The Balaban J connectivity index is 0.00000208. The SMILES string of the molecule is CCc1cccc(CC)c1NC(N)=NCC1CCN(C2CC2)C1.I. The molecule has 2 aliphatic rings. The maximum Gasteiger partial charge on any atom is 0.193 e. The van der Waals surface area contributed by atoms with E-state index in [4.69, 9.17) is 5.73 Å². The molecule has 1 saturated heterocycles. The Morgan fingerprint density at radius 1 is 1.21 bits per heavy atom. The molecular weight excluding hydrogens is 411 g/mol. The van der Waals surface area contributed by atoms with Crippen LogP contribution in [0.3, 0.4) is 0 Å². The molecule has 1 saturated carbocycles. The summed E-state index contributed by atoms with van der Waals surface area (Å²) >= 11 is 0. The Morgan fingerprint density at radius 3 is 2.46 bits per heavy atom.